The molecule has 1 aromatic carbocycles. The second kappa shape index (κ2) is 14.4. The first-order valence-corrected chi connectivity index (χ1v) is 13.1. The maximum absolute atomic E-state index is 12.3. The molecule has 3 N–H and O–H groups in total. The third-order valence-corrected chi connectivity index (χ3v) is 6.55. The summed E-state index contributed by atoms with van der Waals surface area (Å²) in [6, 6.07) is 13.7. The Kier molecular flexibility index (Phi) is 11.0. The Hall–Kier alpha value is -3.76. The molecule has 3 aromatic heterocycles. The van der Waals surface area contributed by atoms with Crippen LogP contribution in [0.25, 0.3) is 22.2 Å². The summed E-state index contributed by atoms with van der Waals surface area (Å²) in [5, 5.41) is 10.4. The number of nitrogens with one attached hydrogen (secondary N) is 3. The minimum absolute atomic E-state index is 0. The van der Waals surface area contributed by atoms with E-state index >= 15 is 0 Å². The van der Waals surface area contributed by atoms with Crippen molar-refractivity contribution in [2.75, 3.05) is 50.5 Å². The van der Waals surface area contributed by atoms with Crippen LogP contribution in [-0.4, -0.2) is 66.1 Å². The smallest absolute Gasteiger partial charge is 0.251 e. The Morgan fingerprint density at radius 3 is 2.64 bits per heavy atom. The fourth-order valence-corrected chi connectivity index (χ4v) is 4.34. The Balaban J connectivity index is 0.00000420. The van der Waals surface area contributed by atoms with Crippen molar-refractivity contribution >= 4 is 41.9 Å². The van der Waals surface area contributed by atoms with Crippen LogP contribution in [0.4, 0.5) is 11.6 Å². The molecule has 4 rings (SSSR count). The predicted octanol–water partition coefficient (Wildman–Crippen LogP) is 4.21. The molecule has 0 fully saturated rings. The lowest BCUT2D eigenvalue weighted by atomic mass is 9.96. The van der Waals surface area contributed by atoms with Crippen LogP contribution >= 0.6 is 13.5 Å². The van der Waals surface area contributed by atoms with Gasteiger partial charge in [-0.25, -0.2) is 15.0 Å². The first-order valence-electron chi connectivity index (χ1n) is 13.1. The summed E-state index contributed by atoms with van der Waals surface area (Å²) in [5.74, 6) is 1.68. The van der Waals surface area contributed by atoms with Crippen LogP contribution in [0.15, 0.2) is 61.2 Å². The number of carbonyl (C=O) groups is 1. The molecule has 0 unspecified atom stereocenters. The fourth-order valence-electron chi connectivity index (χ4n) is 4.34. The lowest BCUT2D eigenvalue weighted by molar-refractivity contribution is 0.0964. The number of likely N-dealkylation sites (N-methyl/N-ethyl adjacent to an activating group) is 1. The maximum atomic E-state index is 12.3. The van der Waals surface area contributed by atoms with E-state index in [0.717, 1.165) is 65.4 Å². The number of nitrogens with zero attached hydrogens (tertiary/aromatic N) is 5. The SMILES string of the molecule is CCCNCCN(C)c1ccc(-c2cc(NC[C@@H](C)c3cccc4c(C(=O)NC)ccnc34)ncn2)cn1.S. The van der Waals surface area contributed by atoms with Crippen LogP contribution in [-0.2, 0) is 0 Å². The number of carbonyl (C=O) groups excluding carboxylic acids is 1. The van der Waals surface area contributed by atoms with Gasteiger partial charge in [-0.05, 0) is 36.7 Å². The van der Waals surface area contributed by atoms with Crippen molar-refractivity contribution in [3.8, 4) is 11.3 Å². The van der Waals surface area contributed by atoms with Gasteiger partial charge >= 0.3 is 0 Å². The highest BCUT2D eigenvalue weighted by atomic mass is 32.1. The van der Waals surface area contributed by atoms with Gasteiger partial charge in [0.25, 0.3) is 5.91 Å². The number of anilines is 2. The molecule has 10 heteroatoms. The van der Waals surface area contributed by atoms with Crippen LogP contribution in [0.3, 0.4) is 0 Å². The predicted molar refractivity (Wildman–Crippen MR) is 164 cm³/mol. The molecule has 9 nitrogen and oxygen atoms in total. The van der Waals surface area contributed by atoms with Crippen molar-refractivity contribution in [2.24, 2.45) is 0 Å². The largest absolute Gasteiger partial charge is 0.369 e. The number of amides is 1. The number of para-hydroxylation sites is 1. The summed E-state index contributed by atoms with van der Waals surface area (Å²) in [6.45, 7) is 7.80. The van der Waals surface area contributed by atoms with E-state index in [1.54, 1.807) is 25.6 Å². The molecule has 1 amide bonds. The van der Waals surface area contributed by atoms with Gasteiger partial charge in [0.1, 0.15) is 18.0 Å². The molecule has 39 heavy (non-hydrogen) atoms. The van der Waals surface area contributed by atoms with Crippen LogP contribution in [0.2, 0.25) is 0 Å². The minimum atomic E-state index is -0.119. The van der Waals surface area contributed by atoms with Crippen LogP contribution in [0, 0.1) is 0 Å². The first-order chi connectivity index (χ1) is 18.5. The molecule has 0 saturated carbocycles. The molecule has 0 saturated heterocycles. The lowest BCUT2D eigenvalue weighted by Gasteiger charge is -2.18. The van der Waals surface area contributed by atoms with E-state index in [1.807, 2.05) is 43.6 Å². The van der Waals surface area contributed by atoms with Gasteiger partial charge in [0.05, 0.1) is 16.8 Å². The normalized spacial score (nSPS) is 11.5. The van der Waals surface area contributed by atoms with Crippen molar-refractivity contribution in [2.45, 2.75) is 26.2 Å². The van der Waals surface area contributed by atoms with Gasteiger partial charge in [0.2, 0.25) is 0 Å². The van der Waals surface area contributed by atoms with Crippen molar-refractivity contribution in [1.82, 2.24) is 30.6 Å². The molecule has 4 aromatic rings. The quantitative estimate of drug-likeness (QED) is 0.227. The van der Waals surface area contributed by atoms with Crippen molar-refractivity contribution in [3.63, 3.8) is 0 Å². The van der Waals surface area contributed by atoms with Gasteiger partial charge in [-0.2, -0.15) is 13.5 Å². The molecule has 3 heterocycles. The number of aromatic nitrogens is 4. The summed E-state index contributed by atoms with van der Waals surface area (Å²) in [6.07, 6.45) is 6.24. The van der Waals surface area contributed by atoms with Crippen LogP contribution in [0.1, 0.15) is 42.1 Å². The standard InChI is InChI=1S/C29H36N8O.H2S/c1-5-12-31-14-15-37(4)27-10-9-21(18-34-27)25-16-26(36-19-35-25)33-17-20(2)22-7-6-8-23-24(29(38)30-3)11-13-32-28(22)23;/h6-11,13,16,18-20,31H,5,12,14-15,17H2,1-4H3,(H,30,38)(H,33,35,36);1H2/t20-;/m1./s1. The molecule has 1 atom stereocenters. The number of fused-ring (bicyclic) bond motifs is 1. The van der Waals surface area contributed by atoms with Crippen LogP contribution < -0.4 is 20.9 Å². The summed E-state index contributed by atoms with van der Waals surface area (Å²) in [7, 11) is 3.69. The Morgan fingerprint density at radius 2 is 1.90 bits per heavy atom. The Bertz CT molecular complexity index is 1370. The molecular formula is C29H38N8OS. The second-order valence-corrected chi connectivity index (χ2v) is 9.33. The number of pyridine rings is 2. The zero-order chi connectivity index (χ0) is 26.9. The highest BCUT2D eigenvalue weighted by molar-refractivity contribution is 7.59. The third-order valence-electron chi connectivity index (χ3n) is 6.55. The highest BCUT2D eigenvalue weighted by Crippen LogP contribution is 2.27. The molecule has 0 spiro atoms. The third kappa shape index (κ3) is 7.42. The average Bonchev–Trinajstić information content (AvgIpc) is 2.97. The Labute approximate surface area is 237 Å². The van der Waals surface area contributed by atoms with E-state index in [9.17, 15) is 4.79 Å². The van der Waals surface area contributed by atoms with Gasteiger partial charge in [-0.1, -0.05) is 32.0 Å². The van der Waals surface area contributed by atoms with E-state index in [4.69, 9.17) is 0 Å². The Morgan fingerprint density at radius 1 is 1.05 bits per heavy atom. The number of hydrogen-bond donors (Lipinski definition) is 3. The van der Waals surface area contributed by atoms with Gasteiger partial charge in [0, 0.05) is 69.1 Å². The second-order valence-electron chi connectivity index (χ2n) is 9.33. The van der Waals surface area contributed by atoms with Gasteiger partial charge < -0.3 is 20.9 Å². The van der Waals surface area contributed by atoms with E-state index in [2.05, 4.69) is 60.7 Å². The van der Waals surface area contributed by atoms with Gasteiger partial charge in [0.15, 0.2) is 0 Å². The van der Waals surface area contributed by atoms with Crippen molar-refractivity contribution < 1.29 is 4.79 Å². The summed E-state index contributed by atoms with van der Waals surface area (Å²) in [4.78, 5) is 32.5. The lowest BCUT2D eigenvalue weighted by Crippen LogP contribution is -2.29. The number of benzene rings is 1. The summed E-state index contributed by atoms with van der Waals surface area (Å²) >= 11 is 0. The molecular weight excluding hydrogens is 508 g/mol. The topological polar surface area (TPSA) is 108 Å². The minimum Gasteiger partial charge on any atom is -0.369 e. The van der Waals surface area contributed by atoms with Gasteiger partial charge in [-0.3, -0.25) is 9.78 Å². The van der Waals surface area contributed by atoms with E-state index < -0.39 is 0 Å². The van der Waals surface area contributed by atoms with E-state index in [-0.39, 0.29) is 25.3 Å². The van der Waals surface area contributed by atoms with E-state index in [0.29, 0.717) is 12.1 Å². The average molecular weight is 547 g/mol. The molecule has 206 valence electrons. The highest BCUT2D eigenvalue weighted by Gasteiger charge is 2.15. The summed E-state index contributed by atoms with van der Waals surface area (Å²) < 4.78 is 0. The van der Waals surface area contributed by atoms with E-state index in [1.165, 1.54) is 0 Å². The van der Waals surface area contributed by atoms with Crippen molar-refractivity contribution in [3.05, 3.63) is 72.3 Å². The monoisotopic (exact) mass is 546 g/mol. The fraction of sp³-hybridized carbons (Fsp3) is 0.345. The van der Waals surface area contributed by atoms with Crippen molar-refractivity contribution in [1.29, 1.82) is 0 Å². The molecule has 0 aliphatic carbocycles. The summed E-state index contributed by atoms with van der Waals surface area (Å²) in [5.41, 5.74) is 4.28. The molecule has 0 aliphatic rings. The van der Waals surface area contributed by atoms with Crippen LogP contribution in [0.5, 0.6) is 0 Å². The molecule has 0 bridgehead atoms. The number of rotatable bonds is 12. The first kappa shape index (κ1) is 29.8. The molecule has 0 radical (unpaired) electrons. The number of hydrogen-bond acceptors (Lipinski definition) is 8. The maximum Gasteiger partial charge on any atom is 0.251 e. The van der Waals surface area contributed by atoms with Gasteiger partial charge in [-0.15, -0.1) is 0 Å². The molecule has 0 aliphatic heterocycles. The zero-order valence-electron chi connectivity index (χ0n) is 23.0. The zero-order valence-corrected chi connectivity index (χ0v) is 24.0.